The van der Waals surface area contributed by atoms with Gasteiger partial charge in [0.1, 0.15) is 16.8 Å². The van der Waals surface area contributed by atoms with Gasteiger partial charge in [0.2, 0.25) is 0 Å². The Morgan fingerprint density at radius 3 is 1.60 bits per heavy atom. The first-order chi connectivity index (χ1) is 28.8. The minimum Gasteiger partial charge on any atom is -0.459 e. The van der Waals surface area contributed by atoms with Crippen molar-refractivity contribution in [3.63, 3.8) is 0 Å². The Morgan fingerprint density at radius 2 is 0.862 bits per heavy atom. The van der Waals surface area contributed by atoms with Crippen molar-refractivity contribution in [3.8, 4) is 78.4 Å². The zero-order valence-corrected chi connectivity index (χ0v) is 31.4. The number of hydrogen-bond acceptors (Lipinski definition) is 3. The van der Waals surface area contributed by atoms with Crippen molar-refractivity contribution >= 4 is 11.0 Å². The molecule has 12 rings (SSSR count). The molecule has 0 aliphatic heterocycles. The number of benzene rings is 8. The normalized spacial score (nSPS) is 13.0. The van der Waals surface area contributed by atoms with Gasteiger partial charge in [0.15, 0.2) is 5.82 Å². The third-order valence-corrected chi connectivity index (χ3v) is 12.1. The number of aromatic nitrogens is 2. The fourth-order valence-corrected chi connectivity index (χ4v) is 9.59. The summed E-state index contributed by atoms with van der Waals surface area (Å²) in [5.74, 6) is 1.69. The molecule has 0 saturated carbocycles. The van der Waals surface area contributed by atoms with E-state index in [1.165, 1.54) is 50.1 Å². The lowest BCUT2D eigenvalue weighted by Crippen LogP contribution is -2.25. The fourth-order valence-electron chi connectivity index (χ4n) is 9.59. The molecule has 3 heteroatoms. The van der Waals surface area contributed by atoms with Gasteiger partial charge in [-0.25, -0.2) is 9.97 Å². The van der Waals surface area contributed by atoms with Gasteiger partial charge in [-0.15, -0.1) is 0 Å². The molecule has 10 aromatic rings. The summed E-state index contributed by atoms with van der Waals surface area (Å²) in [7, 11) is 0. The molecule has 0 saturated heterocycles. The van der Waals surface area contributed by atoms with Crippen LogP contribution in [0.4, 0.5) is 0 Å². The third-order valence-electron chi connectivity index (χ3n) is 12.1. The van der Waals surface area contributed by atoms with Crippen LogP contribution in [-0.4, -0.2) is 9.97 Å². The van der Waals surface area contributed by atoms with E-state index in [0.717, 1.165) is 55.9 Å². The molecule has 0 radical (unpaired) electrons. The van der Waals surface area contributed by atoms with Crippen LogP contribution in [0.1, 0.15) is 22.5 Å². The summed E-state index contributed by atoms with van der Waals surface area (Å²) in [6.45, 7) is 0. The van der Waals surface area contributed by atoms with Crippen LogP contribution < -0.4 is 0 Å². The summed E-state index contributed by atoms with van der Waals surface area (Å²) in [6, 6.07) is 73.4. The summed E-state index contributed by atoms with van der Waals surface area (Å²) < 4.78 is 7.05. The monoisotopic (exact) mass is 738 g/mol. The Hall–Kier alpha value is -7.62. The van der Waals surface area contributed by atoms with E-state index in [2.05, 4.69) is 194 Å². The van der Waals surface area contributed by atoms with Crippen molar-refractivity contribution < 1.29 is 4.42 Å². The highest BCUT2D eigenvalue weighted by atomic mass is 16.3. The van der Waals surface area contributed by atoms with E-state index in [1.807, 2.05) is 12.1 Å². The summed E-state index contributed by atoms with van der Waals surface area (Å²) in [5.41, 5.74) is 18.4. The molecule has 3 nitrogen and oxygen atoms in total. The summed E-state index contributed by atoms with van der Waals surface area (Å²) >= 11 is 0. The van der Waals surface area contributed by atoms with Crippen LogP contribution in [0.3, 0.4) is 0 Å². The third kappa shape index (κ3) is 4.74. The first-order valence-electron chi connectivity index (χ1n) is 19.8. The van der Waals surface area contributed by atoms with Gasteiger partial charge in [0.05, 0.1) is 11.4 Å². The number of fused-ring (bicyclic) bond motifs is 12. The molecule has 0 bridgehead atoms. The molecule has 8 aromatic carbocycles. The predicted octanol–water partition coefficient (Wildman–Crippen LogP) is 13.9. The van der Waals surface area contributed by atoms with Gasteiger partial charge in [0, 0.05) is 27.6 Å². The van der Waals surface area contributed by atoms with Crippen LogP contribution in [0.25, 0.3) is 89.4 Å². The average Bonchev–Trinajstić information content (AvgIpc) is 3.93. The maximum absolute atomic E-state index is 7.05. The molecule has 58 heavy (non-hydrogen) atoms. The van der Waals surface area contributed by atoms with Gasteiger partial charge in [-0.2, -0.15) is 0 Å². The number of rotatable bonds is 5. The zero-order valence-electron chi connectivity index (χ0n) is 31.4. The van der Waals surface area contributed by atoms with Gasteiger partial charge in [-0.1, -0.05) is 188 Å². The molecular formula is C55H34N2O. The lowest BCUT2D eigenvalue weighted by Gasteiger charge is -2.28. The minimum absolute atomic E-state index is 0.577. The van der Waals surface area contributed by atoms with Crippen molar-refractivity contribution in [1.29, 1.82) is 0 Å². The Labute approximate surface area is 336 Å². The van der Waals surface area contributed by atoms with Crippen LogP contribution in [0.5, 0.6) is 0 Å². The summed E-state index contributed by atoms with van der Waals surface area (Å²) in [5, 5.41) is 1.13. The van der Waals surface area contributed by atoms with Gasteiger partial charge < -0.3 is 4.42 Å². The van der Waals surface area contributed by atoms with E-state index in [4.69, 9.17) is 14.4 Å². The van der Waals surface area contributed by atoms with E-state index in [1.54, 1.807) is 0 Å². The summed E-state index contributed by atoms with van der Waals surface area (Å²) in [6.07, 6.45) is 0. The second-order valence-corrected chi connectivity index (χ2v) is 15.2. The number of para-hydroxylation sites is 1. The predicted molar refractivity (Wildman–Crippen MR) is 235 cm³/mol. The van der Waals surface area contributed by atoms with E-state index >= 15 is 0 Å². The molecule has 0 amide bonds. The largest absolute Gasteiger partial charge is 0.459 e. The highest BCUT2D eigenvalue weighted by molar-refractivity contribution is 6.08. The quantitative estimate of drug-likeness (QED) is 0.176. The highest BCUT2D eigenvalue weighted by Gasteiger charge is 2.55. The molecule has 2 aromatic heterocycles. The molecule has 2 aliphatic rings. The fraction of sp³-hybridized carbons (Fsp3) is 0.0182. The first-order valence-corrected chi connectivity index (χ1v) is 19.8. The van der Waals surface area contributed by atoms with Crippen LogP contribution in [-0.2, 0) is 5.41 Å². The average molecular weight is 739 g/mol. The van der Waals surface area contributed by atoms with Crippen molar-refractivity contribution in [2.75, 3.05) is 0 Å². The smallest absolute Gasteiger partial charge is 0.160 e. The molecule has 270 valence electrons. The number of furan rings is 1. The van der Waals surface area contributed by atoms with Crippen LogP contribution in [0.15, 0.2) is 211 Å². The van der Waals surface area contributed by atoms with Gasteiger partial charge in [-0.05, 0) is 73.8 Å². The van der Waals surface area contributed by atoms with E-state index in [0.29, 0.717) is 5.82 Å². The lowest BCUT2D eigenvalue weighted by molar-refractivity contribution is 0.507. The molecule has 2 heterocycles. The van der Waals surface area contributed by atoms with E-state index < -0.39 is 5.41 Å². The maximum atomic E-state index is 7.05. The lowest BCUT2D eigenvalue weighted by atomic mass is 9.73. The Balaban J connectivity index is 1.05. The van der Waals surface area contributed by atoms with Crippen molar-refractivity contribution in [2.45, 2.75) is 5.41 Å². The molecule has 2 aliphatic carbocycles. The van der Waals surface area contributed by atoms with Gasteiger partial charge >= 0.3 is 0 Å². The van der Waals surface area contributed by atoms with Crippen LogP contribution >= 0.6 is 0 Å². The number of nitrogens with zero attached hydrogens (tertiary/aromatic N) is 2. The van der Waals surface area contributed by atoms with Gasteiger partial charge in [0.25, 0.3) is 0 Å². The molecule has 1 spiro atoms. The zero-order chi connectivity index (χ0) is 38.2. The SMILES string of the molecule is c1ccc(-c2ccc(-c3nc(-c4ccccc4)cc(-c4cccc(-c5cccc6c5-c5c(oc7ccccc57)C65c6ccccc6-c6ccccc65)c4)n3)cc2)cc1. The maximum Gasteiger partial charge on any atom is 0.160 e. The first kappa shape index (κ1) is 32.6. The Bertz CT molecular complexity index is 3170. The second kappa shape index (κ2) is 12.7. The summed E-state index contributed by atoms with van der Waals surface area (Å²) in [4.78, 5) is 10.4. The van der Waals surface area contributed by atoms with Crippen molar-refractivity contribution in [1.82, 2.24) is 9.97 Å². The van der Waals surface area contributed by atoms with Crippen molar-refractivity contribution in [3.05, 3.63) is 229 Å². The number of hydrogen-bond donors (Lipinski definition) is 0. The van der Waals surface area contributed by atoms with Gasteiger partial charge in [-0.3, -0.25) is 0 Å². The van der Waals surface area contributed by atoms with Crippen molar-refractivity contribution in [2.24, 2.45) is 0 Å². The van der Waals surface area contributed by atoms with Crippen LogP contribution in [0.2, 0.25) is 0 Å². The topological polar surface area (TPSA) is 38.9 Å². The van der Waals surface area contributed by atoms with E-state index in [-0.39, 0.29) is 0 Å². The Morgan fingerprint density at radius 1 is 0.345 bits per heavy atom. The second-order valence-electron chi connectivity index (χ2n) is 15.2. The molecule has 0 atom stereocenters. The molecule has 0 N–H and O–H groups in total. The van der Waals surface area contributed by atoms with E-state index in [9.17, 15) is 0 Å². The minimum atomic E-state index is -0.577. The standard InChI is InChI=1S/C55H34N2O/c1-3-15-35(16-4-1)36-29-31-38(32-30-36)54-56-48(37-17-5-2-6-18-37)34-49(57-54)40-20-13-19-39(33-40)41-24-14-27-47-51(41)52-44-23-9-12-28-50(44)58-53(52)55(47)45-25-10-7-21-42(45)43-22-8-11-26-46(43)55/h1-34H. The molecular weight excluding hydrogens is 705 g/mol. The molecule has 0 fully saturated rings. The molecule has 0 unspecified atom stereocenters. The Kier molecular flexibility index (Phi) is 7.14. The van der Waals surface area contributed by atoms with Crippen LogP contribution in [0, 0.1) is 0 Å². The highest BCUT2D eigenvalue weighted by Crippen LogP contribution is 2.65.